The minimum absolute atomic E-state index is 0.0919. The largest absolute Gasteiger partial charge is 0.481 e. The Morgan fingerprint density at radius 1 is 1.33 bits per heavy atom. The van der Waals surface area contributed by atoms with Crippen molar-refractivity contribution in [1.29, 1.82) is 5.26 Å². The molecular weight excluding hydrogens is 232 g/mol. The summed E-state index contributed by atoms with van der Waals surface area (Å²) in [6.45, 7) is 5.13. The summed E-state index contributed by atoms with van der Waals surface area (Å²) in [7, 11) is 3.08. The van der Waals surface area contributed by atoms with E-state index in [9.17, 15) is 0 Å². The van der Waals surface area contributed by atoms with E-state index in [1.807, 2.05) is 18.7 Å². The molecule has 0 aliphatic rings. The molecule has 0 saturated heterocycles. The summed E-state index contributed by atoms with van der Waals surface area (Å²) >= 11 is 0. The number of nitriles is 1. The van der Waals surface area contributed by atoms with Crippen LogP contribution in [-0.4, -0.2) is 37.3 Å². The Morgan fingerprint density at radius 3 is 2.28 bits per heavy atom. The van der Waals surface area contributed by atoms with Gasteiger partial charge in [0.25, 0.3) is 0 Å². The molecule has 1 aromatic heterocycles. The van der Waals surface area contributed by atoms with Crippen LogP contribution < -0.4 is 14.4 Å². The molecule has 0 bridgehead atoms. The van der Waals surface area contributed by atoms with Crippen molar-refractivity contribution in [2.24, 2.45) is 5.92 Å². The van der Waals surface area contributed by atoms with E-state index in [0.717, 1.165) is 0 Å². The van der Waals surface area contributed by atoms with Crippen molar-refractivity contribution in [3.05, 3.63) is 6.07 Å². The number of ether oxygens (including phenoxy) is 2. The van der Waals surface area contributed by atoms with Crippen LogP contribution >= 0.6 is 0 Å². The summed E-state index contributed by atoms with van der Waals surface area (Å²) in [5, 5.41) is 8.86. The second-order valence-corrected chi connectivity index (χ2v) is 3.82. The molecule has 0 saturated carbocycles. The average Bonchev–Trinajstić information content (AvgIpc) is 2.43. The van der Waals surface area contributed by atoms with Crippen molar-refractivity contribution in [2.45, 2.75) is 13.8 Å². The van der Waals surface area contributed by atoms with Crippen molar-refractivity contribution in [1.82, 2.24) is 9.97 Å². The molecule has 0 aliphatic heterocycles. The van der Waals surface area contributed by atoms with Crippen molar-refractivity contribution >= 4 is 5.95 Å². The number of nitrogens with zero attached hydrogens (tertiary/aromatic N) is 4. The van der Waals surface area contributed by atoms with E-state index < -0.39 is 0 Å². The van der Waals surface area contributed by atoms with Crippen LogP contribution in [0.25, 0.3) is 0 Å². The topological polar surface area (TPSA) is 71.3 Å². The summed E-state index contributed by atoms with van der Waals surface area (Å²) in [5.74, 6) is 1.31. The second kappa shape index (κ2) is 6.64. The van der Waals surface area contributed by atoms with Crippen LogP contribution in [0.3, 0.4) is 0 Å². The third-order valence-electron chi connectivity index (χ3n) is 2.46. The highest BCUT2D eigenvalue weighted by molar-refractivity contribution is 5.36. The predicted octanol–water partition coefficient (Wildman–Crippen LogP) is 1.48. The molecule has 0 radical (unpaired) electrons. The van der Waals surface area contributed by atoms with Crippen LogP contribution in [0.15, 0.2) is 6.07 Å². The van der Waals surface area contributed by atoms with Gasteiger partial charge in [-0.25, -0.2) is 0 Å². The molecule has 1 rings (SSSR count). The molecule has 6 heteroatoms. The summed E-state index contributed by atoms with van der Waals surface area (Å²) in [5.41, 5.74) is 0. The Kier molecular flexibility index (Phi) is 5.18. The van der Waals surface area contributed by atoms with Crippen molar-refractivity contribution in [3.63, 3.8) is 0 Å². The van der Waals surface area contributed by atoms with Crippen LogP contribution in [-0.2, 0) is 0 Å². The van der Waals surface area contributed by atoms with E-state index in [0.29, 0.717) is 30.8 Å². The monoisotopic (exact) mass is 250 g/mol. The van der Waals surface area contributed by atoms with E-state index in [4.69, 9.17) is 14.7 Å². The summed E-state index contributed by atoms with van der Waals surface area (Å²) < 4.78 is 10.2. The zero-order chi connectivity index (χ0) is 13.5. The van der Waals surface area contributed by atoms with Crippen LogP contribution in [0, 0.1) is 17.2 Å². The highest BCUT2D eigenvalue weighted by atomic mass is 16.5. The number of anilines is 1. The fraction of sp³-hybridized carbons (Fsp3) is 0.583. The molecular formula is C12H18N4O2. The fourth-order valence-electron chi connectivity index (χ4n) is 1.47. The lowest BCUT2D eigenvalue weighted by Gasteiger charge is -2.22. The van der Waals surface area contributed by atoms with E-state index in [1.54, 1.807) is 20.3 Å². The van der Waals surface area contributed by atoms with E-state index in [2.05, 4.69) is 16.0 Å². The quantitative estimate of drug-likeness (QED) is 0.761. The van der Waals surface area contributed by atoms with E-state index in [1.165, 1.54) is 0 Å². The number of rotatable bonds is 6. The predicted molar refractivity (Wildman–Crippen MR) is 67.8 cm³/mol. The minimum Gasteiger partial charge on any atom is -0.481 e. The Hall–Kier alpha value is -2.03. The van der Waals surface area contributed by atoms with E-state index >= 15 is 0 Å². The lowest BCUT2D eigenvalue weighted by molar-refractivity contribution is 0.371. The third kappa shape index (κ3) is 3.48. The first-order chi connectivity index (χ1) is 8.64. The Labute approximate surface area is 107 Å². The fourth-order valence-corrected chi connectivity index (χ4v) is 1.47. The van der Waals surface area contributed by atoms with Crippen molar-refractivity contribution in [2.75, 3.05) is 32.2 Å². The molecule has 0 spiro atoms. The molecule has 0 amide bonds. The maximum Gasteiger partial charge on any atom is 0.232 e. The summed E-state index contributed by atoms with van der Waals surface area (Å²) in [4.78, 5) is 10.4. The molecule has 0 aromatic carbocycles. The molecule has 0 N–H and O–H groups in total. The Balaban J connectivity index is 3.01. The Bertz CT molecular complexity index is 408. The smallest absolute Gasteiger partial charge is 0.232 e. The minimum atomic E-state index is -0.0919. The number of hydrogen-bond donors (Lipinski definition) is 0. The molecule has 1 aromatic rings. The molecule has 0 fully saturated rings. The molecule has 1 unspecified atom stereocenters. The zero-order valence-corrected chi connectivity index (χ0v) is 11.2. The molecule has 18 heavy (non-hydrogen) atoms. The van der Waals surface area contributed by atoms with Crippen molar-refractivity contribution in [3.8, 4) is 17.8 Å². The number of aromatic nitrogens is 2. The lowest BCUT2D eigenvalue weighted by Crippen LogP contribution is -2.29. The van der Waals surface area contributed by atoms with E-state index in [-0.39, 0.29) is 5.92 Å². The van der Waals surface area contributed by atoms with Gasteiger partial charge in [0.15, 0.2) is 0 Å². The van der Waals surface area contributed by atoms with Gasteiger partial charge in [0.2, 0.25) is 17.7 Å². The first-order valence-electron chi connectivity index (χ1n) is 5.76. The maximum atomic E-state index is 8.86. The van der Waals surface area contributed by atoms with Gasteiger partial charge in [-0.05, 0) is 13.8 Å². The molecule has 1 heterocycles. The molecule has 98 valence electrons. The standard InChI is InChI=1S/C12H18N4O2/c1-5-16(8-9(2)7-13)12-14-10(17-3)6-11(15-12)18-4/h6,9H,5,8H2,1-4H3. The van der Waals surface area contributed by atoms with Crippen LogP contribution in [0.1, 0.15) is 13.8 Å². The first kappa shape index (κ1) is 14.0. The summed E-state index contributed by atoms with van der Waals surface area (Å²) in [6.07, 6.45) is 0. The van der Waals surface area contributed by atoms with Gasteiger partial charge in [-0.2, -0.15) is 15.2 Å². The van der Waals surface area contributed by atoms with Gasteiger partial charge in [0.1, 0.15) is 0 Å². The first-order valence-corrected chi connectivity index (χ1v) is 5.76. The van der Waals surface area contributed by atoms with Crippen molar-refractivity contribution < 1.29 is 9.47 Å². The SMILES string of the molecule is CCN(CC(C)C#N)c1nc(OC)cc(OC)n1. The molecule has 6 nitrogen and oxygen atoms in total. The zero-order valence-electron chi connectivity index (χ0n) is 11.2. The highest BCUT2D eigenvalue weighted by Gasteiger charge is 2.14. The van der Waals surface area contributed by atoms with Gasteiger partial charge < -0.3 is 14.4 Å². The number of hydrogen-bond acceptors (Lipinski definition) is 6. The van der Waals surface area contributed by atoms with Crippen LogP contribution in [0.2, 0.25) is 0 Å². The van der Waals surface area contributed by atoms with Gasteiger partial charge in [-0.3, -0.25) is 0 Å². The van der Waals surface area contributed by atoms with Gasteiger partial charge in [0.05, 0.1) is 32.3 Å². The maximum absolute atomic E-state index is 8.86. The molecule has 1 atom stereocenters. The van der Waals surface area contributed by atoms with Gasteiger partial charge in [-0.15, -0.1) is 0 Å². The molecule has 0 aliphatic carbocycles. The normalized spacial score (nSPS) is 11.5. The van der Waals surface area contributed by atoms with Crippen LogP contribution in [0.5, 0.6) is 11.8 Å². The lowest BCUT2D eigenvalue weighted by atomic mass is 10.2. The summed E-state index contributed by atoms with van der Waals surface area (Å²) in [6, 6.07) is 3.81. The second-order valence-electron chi connectivity index (χ2n) is 3.82. The average molecular weight is 250 g/mol. The third-order valence-corrected chi connectivity index (χ3v) is 2.46. The highest BCUT2D eigenvalue weighted by Crippen LogP contribution is 2.20. The van der Waals surface area contributed by atoms with Crippen LogP contribution in [0.4, 0.5) is 5.95 Å². The van der Waals surface area contributed by atoms with Gasteiger partial charge in [0, 0.05) is 13.1 Å². The number of methoxy groups -OCH3 is 2. The Morgan fingerprint density at radius 2 is 1.89 bits per heavy atom. The van der Waals surface area contributed by atoms with Gasteiger partial charge >= 0.3 is 0 Å². The van der Waals surface area contributed by atoms with Gasteiger partial charge in [-0.1, -0.05) is 0 Å².